The molecular formula is C26H30N2. The van der Waals surface area contributed by atoms with Crippen LogP contribution in [0.25, 0.3) is 27.3 Å². The first-order chi connectivity index (χ1) is 13.4. The minimum atomic E-state index is 0.111. The molecule has 0 spiro atoms. The number of nitrogens with zero attached hydrogens (tertiary/aromatic N) is 2. The normalized spacial score (nSPS) is 24.6. The first-order valence-corrected chi connectivity index (χ1v) is 10.8. The van der Waals surface area contributed by atoms with Crippen LogP contribution in [-0.4, -0.2) is 9.38 Å². The second-order valence-corrected chi connectivity index (χ2v) is 9.43. The molecule has 0 radical (unpaired) electrons. The summed E-state index contributed by atoms with van der Waals surface area (Å²) in [6.07, 6.45) is 4.47. The zero-order valence-electron chi connectivity index (χ0n) is 17.9. The van der Waals surface area contributed by atoms with Crippen LogP contribution in [0.2, 0.25) is 0 Å². The molecule has 2 unspecified atom stereocenters. The van der Waals surface area contributed by atoms with E-state index in [1.165, 1.54) is 44.9 Å². The van der Waals surface area contributed by atoms with Crippen molar-refractivity contribution in [3.05, 3.63) is 59.4 Å². The van der Waals surface area contributed by atoms with E-state index >= 15 is 0 Å². The van der Waals surface area contributed by atoms with Gasteiger partial charge in [-0.2, -0.15) is 0 Å². The number of aromatic nitrogens is 2. The Balaban J connectivity index is 0.000000829. The van der Waals surface area contributed by atoms with E-state index in [-0.39, 0.29) is 10.8 Å². The van der Waals surface area contributed by atoms with E-state index in [0.29, 0.717) is 0 Å². The number of pyridine rings is 1. The molecule has 2 aromatic heterocycles. The monoisotopic (exact) mass is 370 g/mol. The molecule has 3 heterocycles. The SMILES string of the molecule is CC.CC1CC1(C)c1cccc2c3cccc4c3n3c(cnc3c12)C(C)(C)C4. The molecule has 1 aliphatic carbocycles. The zero-order chi connectivity index (χ0) is 19.8. The summed E-state index contributed by atoms with van der Waals surface area (Å²) in [7, 11) is 0. The number of benzene rings is 2. The zero-order valence-corrected chi connectivity index (χ0v) is 17.9. The Hall–Kier alpha value is -2.35. The van der Waals surface area contributed by atoms with Crippen LogP contribution in [-0.2, 0) is 17.3 Å². The summed E-state index contributed by atoms with van der Waals surface area (Å²) in [5.74, 6) is 0.744. The van der Waals surface area contributed by atoms with Gasteiger partial charge in [0.15, 0.2) is 0 Å². The highest BCUT2D eigenvalue weighted by atomic mass is 15.0. The first kappa shape index (κ1) is 17.7. The Morgan fingerprint density at radius 2 is 1.68 bits per heavy atom. The summed E-state index contributed by atoms with van der Waals surface area (Å²) < 4.78 is 2.47. The summed E-state index contributed by atoms with van der Waals surface area (Å²) in [6.45, 7) is 13.5. The van der Waals surface area contributed by atoms with Crippen molar-refractivity contribution < 1.29 is 0 Å². The summed E-state index contributed by atoms with van der Waals surface area (Å²) in [5, 5.41) is 4.11. The van der Waals surface area contributed by atoms with Gasteiger partial charge >= 0.3 is 0 Å². The van der Waals surface area contributed by atoms with Gasteiger partial charge in [0.05, 0.1) is 5.52 Å². The molecule has 2 heteroatoms. The van der Waals surface area contributed by atoms with Gasteiger partial charge in [0, 0.05) is 28.1 Å². The summed E-state index contributed by atoms with van der Waals surface area (Å²) in [6, 6.07) is 13.7. The highest BCUT2D eigenvalue weighted by molar-refractivity contribution is 6.14. The van der Waals surface area contributed by atoms with Gasteiger partial charge in [-0.1, -0.05) is 77.9 Å². The Morgan fingerprint density at radius 3 is 2.39 bits per heavy atom. The lowest BCUT2D eigenvalue weighted by atomic mass is 9.79. The van der Waals surface area contributed by atoms with Crippen LogP contribution in [0.15, 0.2) is 42.6 Å². The van der Waals surface area contributed by atoms with E-state index in [1.807, 2.05) is 13.8 Å². The van der Waals surface area contributed by atoms with Gasteiger partial charge in [-0.25, -0.2) is 4.98 Å². The lowest BCUT2D eigenvalue weighted by Crippen LogP contribution is -2.26. The fourth-order valence-electron chi connectivity index (χ4n) is 5.46. The predicted molar refractivity (Wildman–Crippen MR) is 119 cm³/mol. The molecule has 6 rings (SSSR count). The second-order valence-electron chi connectivity index (χ2n) is 9.43. The summed E-state index contributed by atoms with van der Waals surface area (Å²) >= 11 is 0. The third-order valence-corrected chi connectivity index (χ3v) is 7.28. The molecule has 0 bridgehead atoms. The van der Waals surface area contributed by atoms with E-state index in [2.05, 4.69) is 74.7 Å². The van der Waals surface area contributed by atoms with Crippen molar-refractivity contribution in [3.8, 4) is 0 Å². The minimum absolute atomic E-state index is 0.111. The van der Waals surface area contributed by atoms with Crippen molar-refractivity contribution in [1.29, 1.82) is 0 Å². The average Bonchev–Trinajstić information content (AvgIpc) is 3.10. The highest BCUT2D eigenvalue weighted by Gasteiger charge is 2.49. The Labute approximate surface area is 167 Å². The molecule has 0 amide bonds. The third kappa shape index (κ3) is 2.07. The lowest BCUT2D eigenvalue weighted by molar-refractivity contribution is 0.494. The van der Waals surface area contributed by atoms with Gasteiger partial charge in [0.25, 0.3) is 0 Å². The smallest absolute Gasteiger partial charge is 0.145 e. The third-order valence-electron chi connectivity index (χ3n) is 7.28. The van der Waals surface area contributed by atoms with Crippen LogP contribution in [0.4, 0.5) is 0 Å². The molecule has 4 aromatic rings. The molecule has 28 heavy (non-hydrogen) atoms. The first-order valence-electron chi connectivity index (χ1n) is 10.8. The van der Waals surface area contributed by atoms with Crippen LogP contribution in [0.1, 0.15) is 64.8 Å². The number of para-hydroxylation sites is 1. The summed E-state index contributed by atoms with van der Waals surface area (Å²) in [5.41, 5.74) is 7.20. The van der Waals surface area contributed by atoms with Crippen molar-refractivity contribution in [2.45, 2.75) is 65.2 Å². The van der Waals surface area contributed by atoms with Gasteiger partial charge in [-0.3, -0.25) is 4.40 Å². The Kier molecular flexibility index (Phi) is 3.54. The maximum atomic E-state index is 4.99. The number of imidazole rings is 1. The van der Waals surface area contributed by atoms with Crippen molar-refractivity contribution in [2.75, 3.05) is 0 Å². The van der Waals surface area contributed by atoms with Crippen molar-refractivity contribution in [2.24, 2.45) is 5.92 Å². The van der Waals surface area contributed by atoms with Crippen LogP contribution in [0.3, 0.4) is 0 Å². The molecule has 2 atom stereocenters. The predicted octanol–water partition coefficient (Wildman–Crippen LogP) is 6.80. The highest BCUT2D eigenvalue weighted by Crippen LogP contribution is 2.56. The van der Waals surface area contributed by atoms with Crippen LogP contribution >= 0.6 is 0 Å². The van der Waals surface area contributed by atoms with Crippen molar-refractivity contribution in [1.82, 2.24) is 9.38 Å². The fourth-order valence-corrected chi connectivity index (χ4v) is 5.46. The molecule has 2 aromatic carbocycles. The van der Waals surface area contributed by atoms with Gasteiger partial charge < -0.3 is 0 Å². The molecule has 0 saturated heterocycles. The number of hydrogen-bond acceptors (Lipinski definition) is 1. The Morgan fingerprint density at radius 1 is 1.00 bits per heavy atom. The largest absolute Gasteiger partial charge is 0.295 e. The van der Waals surface area contributed by atoms with E-state index in [1.54, 1.807) is 0 Å². The van der Waals surface area contributed by atoms with Crippen molar-refractivity contribution >= 4 is 27.3 Å². The second kappa shape index (κ2) is 5.59. The number of rotatable bonds is 1. The maximum absolute atomic E-state index is 4.99. The van der Waals surface area contributed by atoms with Gasteiger partial charge in [0.2, 0.25) is 0 Å². The standard InChI is InChI=1S/C24H24N2.C2H6/c1-14-11-24(14,4)18-10-6-8-16-17-9-5-7-15-12-23(2,3)19-13-25-22(20(16)18)26(19)21(15)17;1-2/h5-10,13-14H,11-12H2,1-4H3;1-2H3. The lowest BCUT2D eigenvalue weighted by Gasteiger charge is -2.31. The van der Waals surface area contributed by atoms with Gasteiger partial charge in [-0.15, -0.1) is 0 Å². The molecular weight excluding hydrogens is 340 g/mol. The molecule has 144 valence electrons. The van der Waals surface area contributed by atoms with Gasteiger partial charge in [0.1, 0.15) is 5.65 Å². The quantitative estimate of drug-likeness (QED) is 0.337. The van der Waals surface area contributed by atoms with E-state index < -0.39 is 0 Å². The Bertz CT molecular complexity index is 1240. The molecule has 1 aliphatic heterocycles. The van der Waals surface area contributed by atoms with Gasteiger partial charge in [-0.05, 0) is 40.7 Å². The molecule has 2 aliphatic rings. The molecule has 0 N–H and O–H groups in total. The molecule has 1 saturated carbocycles. The number of fused-ring (bicyclic) bond motifs is 3. The van der Waals surface area contributed by atoms with Crippen LogP contribution in [0, 0.1) is 5.92 Å². The molecule has 1 fully saturated rings. The van der Waals surface area contributed by atoms with E-state index in [0.717, 1.165) is 18.0 Å². The topological polar surface area (TPSA) is 17.3 Å². The van der Waals surface area contributed by atoms with Crippen LogP contribution in [0.5, 0.6) is 0 Å². The summed E-state index contributed by atoms with van der Waals surface area (Å²) in [4.78, 5) is 4.99. The van der Waals surface area contributed by atoms with Crippen molar-refractivity contribution in [3.63, 3.8) is 0 Å². The number of hydrogen-bond donors (Lipinski definition) is 0. The maximum Gasteiger partial charge on any atom is 0.145 e. The fraction of sp³-hybridized carbons (Fsp3) is 0.423. The van der Waals surface area contributed by atoms with E-state index in [4.69, 9.17) is 4.98 Å². The van der Waals surface area contributed by atoms with Crippen LogP contribution < -0.4 is 0 Å². The van der Waals surface area contributed by atoms with E-state index in [9.17, 15) is 0 Å². The molecule has 2 nitrogen and oxygen atoms in total. The minimum Gasteiger partial charge on any atom is -0.295 e. The average molecular weight is 371 g/mol.